The van der Waals surface area contributed by atoms with Crippen LogP contribution in [0.1, 0.15) is 88.7 Å². The summed E-state index contributed by atoms with van der Waals surface area (Å²) >= 11 is 0. The highest BCUT2D eigenvalue weighted by Gasteiger charge is 2.40. The Morgan fingerprint density at radius 3 is 2.70 bits per heavy atom. The number of anilines is 1. The van der Waals surface area contributed by atoms with Crippen molar-refractivity contribution in [2.75, 3.05) is 11.9 Å². The molecule has 1 unspecified atom stereocenters. The molecule has 1 fully saturated rings. The molecule has 0 amide bonds. The van der Waals surface area contributed by atoms with Crippen LogP contribution in [0.2, 0.25) is 0 Å². The van der Waals surface area contributed by atoms with Gasteiger partial charge in [-0.2, -0.15) is 0 Å². The Kier molecular flexibility index (Phi) is 6.59. The number of ether oxygens (including phenoxy) is 1. The minimum absolute atomic E-state index is 0. The lowest BCUT2D eigenvalue weighted by atomic mass is 9.76. The predicted octanol–water partition coefficient (Wildman–Crippen LogP) is 7.42. The van der Waals surface area contributed by atoms with Gasteiger partial charge in [0, 0.05) is 25.2 Å². The Bertz CT molecular complexity index is 760. The monoisotopic (exact) mass is 367 g/mol. The summed E-state index contributed by atoms with van der Waals surface area (Å²) in [6, 6.07) is 16.1. The van der Waals surface area contributed by atoms with Crippen LogP contribution >= 0.6 is 0 Å². The third kappa shape index (κ3) is 3.91. The molecule has 2 aliphatic rings. The van der Waals surface area contributed by atoms with Crippen molar-refractivity contribution in [2.24, 2.45) is 5.92 Å². The van der Waals surface area contributed by atoms with Crippen molar-refractivity contribution in [1.29, 1.82) is 0 Å². The Balaban J connectivity index is 0.000000906. The molecular weight excluding hydrogens is 330 g/mol. The number of fused-ring (bicyclic) bond motifs is 3. The number of para-hydroxylation sites is 1. The largest absolute Gasteiger partial charge is 0.377 e. The second kappa shape index (κ2) is 8.93. The smallest absolute Gasteiger partial charge is 0.0895 e. The van der Waals surface area contributed by atoms with Crippen molar-refractivity contribution in [1.82, 2.24) is 0 Å². The van der Waals surface area contributed by atoms with Gasteiger partial charge in [0.1, 0.15) is 0 Å². The molecule has 148 valence electrons. The summed E-state index contributed by atoms with van der Waals surface area (Å²) in [5, 5.41) is 3.94. The molecule has 0 aromatic heterocycles. The molecule has 4 atom stereocenters. The lowest BCUT2D eigenvalue weighted by Crippen LogP contribution is -2.36. The quantitative estimate of drug-likeness (QED) is 0.609. The number of hydrogen-bond acceptors (Lipinski definition) is 2. The molecule has 2 heterocycles. The van der Waals surface area contributed by atoms with Crippen LogP contribution < -0.4 is 5.32 Å². The van der Waals surface area contributed by atoms with Crippen molar-refractivity contribution < 1.29 is 6.16 Å². The average molecular weight is 368 g/mol. The van der Waals surface area contributed by atoms with E-state index in [1.165, 1.54) is 34.4 Å². The number of benzene rings is 2. The number of aryl methyl sites for hydroxylation is 1. The number of nitrogens with one attached hydrogen (secondary N) is 1. The van der Waals surface area contributed by atoms with E-state index < -0.39 is 0 Å². The first-order valence-electron chi connectivity index (χ1n) is 10.8. The van der Waals surface area contributed by atoms with Gasteiger partial charge in [-0.1, -0.05) is 75.7 Å². The summed E-state index contributed by atoms with van der Waals surface area (Å²) < 4.78 is 6.32. The van der Waals surface area contributed by atoms with Gasteiger partial charge in [-0.05, 0) is 43.2 Å². The average Bonchev–Trinajstić information content (AvgIpc) is 2.73. The number of hydrogen-bond donors (Lipinski definition) is 1. The van der Waals surface area contributed by atoms with E-state index in [2.05, 4.69) is 68.6 Å². The fraction of sp³-hybridized carbons (Fsp3) is 0.520. The normalized spacial score (nSPS) is 24.6. The zero-order valence-corrected chi connectivity index (χ0v) is 17.6. The highest BCUT2D eigenvalue weighted by atomic mass is 16.5. The van der Waals surface area contributed by atoms with E-state index in [-0.39, 0.29) is 7.53 Å². The first-order valence-corrected chi connectivity index (χ1v) is 10.8. The molecule has 2 aliphatic heterocycles. The summed E-state index contributed by atoms with van der Waals surface area (Å²) in [7, 11) is 0. The zero-order valence-electron chi connectivity index (χ0n) is 17.6. The van der Waals surface area contributed by atoms with Crippen LogP contribution in [0.3, 0.4) is 0 Å². The van der Waals surface area contributed by atoms with Gasteiger partial charge in [-0.25, -0.2) is 0 Å². The fourth-order valence-electron chi connectivity index (χ4n) is 4.55. The van der Waals surface area contributed by atoms with Gasteiger partial charge in [-0.15, -0.1) is 0 Å². The highest BCUT2D eigenvalue weighted by molar-refractivity contribution is 5.63. The zero-order chi connectivity index (χ0) is 19.4. The third-order valence-corrected chi connectivity index (χ3v) is 6.08. The van der Waals surface area contributed by atoms with Crippen LogP contribution in [0.25, 0.3) is 0 Å². The molecule has 0 aliphatic carbocycles. The summed E-state index contributed by atoms with van der Waals surface area (Å²) in [6.07, 6.45) is 3.76. The fourth-order valence-corrected chi connectivity index (χ4v) is 4.55. The molecule has 0 spiro atoms. The maximum Gasteiger partial charge on any atom is 0.0895 e. The van der Waals surface area contributed by atoms with Gasteiger partial charge in [-0.3, -0.25) is 0 Å². The summed E-state index contributed by atoms with van der Waals surface area (Å²) in [5.74, 6) is 1.07. The van der Waals surface area contributed by atoms with Crippen LogP contribution in [-0.4, -0.2) is 6.61 Å². The Hall–Kier alpha value is -1.80. The lowest BCUT2D eigenvalue weighted by Gasteiger charge is -2.44. The molecular formula is C25H37NO. The standard InChI is InChI=1S/C23H29NO.C2H6.H2/c1-4-16(3)18-10-6-11-20-22(18)24-21(17-9-5-8-15(2)14-17)19-12-7-13-25-23(19)20;1-2;/h5-6,8-11,14,16,19,21,23-24H,4,7,12-13H2,1-3H3;1-2H3;1H/t16?,19-,21-,23-;;/m0../s1. The number of rotatable bonds is 3. The van der Waals surface area contributed by atoms with Crippen LogP contribution in [0, 0.1) is 12.8 Å². The van der Waals surface area contributed by atoms with Crippen molar-refractivity contribution in [3.63, 3.8) is 0 Å². The molecule has 1 saturated heterocycles. The Morgan fingerprint density at radius 1 is 1.19 bits per heavy atom. The van der Waals surface area contributed by atoms with E-state index in [4.69, 9.17) is 4.74 Å². The van der Waals surface area contributed by atoms with Crippen molar-refractivity contribution in [2.45, 2.75) is 71.9 Å². The maximum absolute atomic E-state index is 6.32. The topological polar surface area (TPSA) is 21.3 Å². The minimum Gasteiger partial charge on any atom is -0.377 e. The first-order chi connectivity index (χ1) is 13.2. The van der Waals surface area contributed by atoms with E-state index in [1.807, 2.05) is 13.8 Å². The van der Waals surface area contributed by atoms with Crippen LogP contribution in [0.5, 0.6) is 0 Å². The molecule has 27 heavy (non-hydrogen) atoms. The van der Waals surface area contributed by atoms with Gasteiger partial charge in [0.15, 0.2) is 0 Å². The molecule has 2 nitrogen and oxygen atoms in total. The van der Waals surface area contributed by atoms with E-state index in [9.17, 15) is 0 Å². The van der Waals surface area contributed by atoms with Gasteiger partial charge in [0.05, 0.1) is 12.1 Å². The van der Waals surface area contributed by atoms with Gasteiger partial charge >= 0.3 is 0 Å². The molecule has 4 rings (SSSR count). The summed E-state index contributed by atoms with van der Waals surface area (Å²) in [5.41, 5.74) is 6.85. The third-order valence-electron chi connectivity index (χ3n) is 6.08. The second-order valence-electron chi connectivity index (χ2n) is 7.75. The van der Waals surface area contributed by atoms with Gasteiger partial charge in [0.25, 0.3) is 0 Å². The Labute approximate surface area is 166 Å². The van der Waals surface area contributed by atoms with Crippen LogP contribution in [-0.2, 0) is 4.74 Å². The van der Waals surface area contributed by atoms with Crippen LogP contribution in [0.15, 0.2) is 42.5 Å². The van der Waals surface area contributed by atoms with Crippen LogP contribution in [0.4, 0.5) is 5.69 Å². The SMILES string of the molecule is CC.CCC(C)c1cccc2c1N[C@@H](c1cccc(C)c1)[C@@H]1CCCO[C@H]21.[HH]. The molecule has 0 radical (unpaired) electrons. The predicted molar refractivity (Wildman–Crippen MR) is 118 cm³/mol. The summed E-state index contributed by atoms with van der Waals surface area (Å²) in [4.78, 5) is 0. The van der Waals surface area contributed by atoms with Crippen molar-refractivity contribution in [3.8, 4) is 0 Å². The minimum atomic E-state index is 0. The van der Waals surface area contributed by atoms with E-state index >= 15 is 0 Å². The molecule has 2 heteroatoms. The Morgan fingerprint density at radius 2 is 1.96 bits per heavy atom. The van der Waals surface area contributed by atoms with E-state index in [0.29, 0.717) is 17.9 Å². The van der Waals surface area contributed by atoms with Crippen molar-refractivity contribution >= 4 is 5.69 Å². The highest BCUT2D eigenvalue weighted by Crippen LogP contribution is 2.51. The molecule has 0 saturated carbocycles. The molecule has 1 N–H and O–H groups in total. The molecule has 2 aromatic rings. The first kappa shape index (κ1) is 19.9. The van der Waals surface area contributed by atoms with E-state index in [1.54, 1.807) is 0 Å². The lowest BCUT2D eigenvalue weighted by molar-refractivity contribution is -0.0382. The summed E-state index contributed by atoms with van der Waals surface area (Å²) in [6.45, 7) is 11.7. The molecule has 2 aromatic carbocycles. The second-order valence-corrected chi connectivity index (χ2v) is 7.75. The molecule has 0 bridgehead atoms. The van der Waals surface area contributed by atoms with Crippen molar-refractivity contribution in [3.05, 3.63) is 64.7 Å². The van der Waals surface area contributed by atoms with Gasteiger partial charge < -0.3 is 10.1 Å². The van der Waals surface area contributed by atoms with Gasteiger partial charge in [0.2, 0.25) is 0 Å². The maximum atomic E-state index is 6.32. The van der Waals surface area contributed by atoms with E-state index in [0.717, 1.165) is 19.4 Å².